The lowest BCUT2D eigenvalue weighted by Gasteiger charge is -2.17. The van der Waals surface area contributed by atoms with Gasteiger partial charge < -0.3 is 4.90 Å². The Kier molecular flexibility index (Phi) is 4.58. The Balaban J connectivity index is 1.72. The minimum atomic E-state index is -3.84. The number of fused-ring (bicyclic) bond motifs is 2. The van der Waals surface area contributed by atoms with Crippen molar-refractivity contribution >= 4 is 43.1 Å². The van der Waals surface area contributed by atoms with Crippen LogP contribution in [0, 0.1) is 0 Å². The largest absolute Gasteiger partial charge is 0.377 e. The van der Waals surface area contributed by atoms with Crippen LogP contribution in [-0.2, 0) is 10.0 Å². The summed E-state index contributed by atoms with van der Waals surface area (Å²) in [6, 6.07) is 18.3. The minimum Gasteiger partial charge on any atom is -0.377 e. The van der Waals surface area contributed by atoms with E-state index in [0.717, 1.165) is 21.8 Å². The van der Waals surface area contributed by atoms with Crippen LogP contribution in [0.4, 0.5) is 11.5 Å². The monoisotopic (exact) mass is 393 g/mol. The highest BCUT2D eigenvalue weighted by Gasteiger charge is 2.19. The summed E-state index contributed by atoms with van der Waals surface area (Å²) in [6.07, 6.45) is 1.63. The van der Waals surface area contributed by atoms with Gasteiger partial charge in [-0.2, -0.15) is 5.10 Å². The fourth-order valence-corrected chi connectivity index (χ4v) is 4.25. The predicted octanol–water partition coefficient (Wildman–Crippen LogP) is 3.15. The molecule has 4 aromatic rings. The van der Waals surface area contributed by atoms with Gasteiger partial charge in [0.1, 0.15) is 0 Å². The SMILES string of the molecule is CN(C)c1cccc2c(S(=O)(=O)NNc3nncc4ccccc34)cccc12. The van der Waals surface area contributed by atoms with Crippen LogP contribution < -0.4 is 15.2 Å². The Morgan fingerprint density at radius 2 is 1.57 bits per heavy atom. The van der Waals surface area contributed by atoms with E-state index in [9.17, 15) is 8.42 Å². The van der Waals surface area contributed by atoms with Crippen LogP contribution >= 0.6 is 0 Å². The number of rotatable bonds is 5. The zero-order valence-corrected chi connectivity index (χ0v) is 16.2. The lowest BCUT2D eigenvalue weighted by molar-refractivity contribution is 0.588. The third-order valence-electron chi connectivity index (χ3n) is 4.50. The maximum Gasteiger partial charge on any atom is 0.257 e. The second kappa shape index (κ2) is 7.06. The summed E-state index contributed by atoms with van der Waals surface area (Å²) in [5.74, 6) is 0.343. The molecule has 0 fully saturated rings. The molecule has 0 saturated heterocycles. The highest BCUT2D eigenvalue weighted by Crippen LogP contribution is 2.30. The second-order valence-corrected chi connectivity index (χ2v) is 8.18. The lowest BCUT2D eigenvalue weighted by atomic mass is 10.1. The summed E-state index contributed by atoms with van der Waals surface area (Å²) >= 11 is 0. The van der Waals surface area contributed by atoms with Crippen molar-refractivity contribution < 1.29 is 8.42 Å². The Morgan fingerprint density at radius 3 is 2.39 bits per heavy atom. The van der Waals surface area contributed by atoms with E-state index in [0.29, 0.717) is 11.2 Å². The van der Waals surface area contributed by atoms with Gasteiger partial charge in [-0.15, -0.1) is 9.93 Å². The van der Waals surface area contributed by atoms with E-state index in [2.05, 4.69) is 20.5 Å². The summed E-state index contributed by atoms with van der Waals surface area (Å²) < 4.78 is 26.0. The molecule has 7 nitrogen and oxygen atoms in total. The van der Waals surface area contributed by atoms with Gasteiger partial charge in [-0.25, -0.2) is 8.42 Å². The number of benzene rings is 3. The van der Waals surface area contributed by atoms with Crippen molar-refractivity contribution in [3.63, 3.8) is 0 Å². The highest BCUT2D eigenvalue weighted by molar-refractivity contribution is 7.89. The average molecular weight is 393 g/mol. The number of anilines is 2. The van der Waals surface area contributed by atoms with E-state index in [4.69, 9.17) is 0 Å². The summed E-state index contributed by atoms with van der Waals surface area (Å²) in [7, 11) is 0.00748. The van der Waals surface area contributed by atoms with Crippen molar-refractivity contribution in [2.45, 2.75) is 4.90 Å². The molecule has 1 aromatic heterocycles. The number of hydrazine groups is 1. The van der Waals surface area contributed by atoms with Crippen LogP contribution in [0.15, 0.2) is 71.8 Å². The fraction of sp³-hybridized carbons (Fsp3) is 0.100. The van der Waals surface area contributed by atoms with Crippen molar-refractivity contribution in [2.24, 2.45) is 0 Å². The first-order valence-corrected chi connectivity index (χ1v) is 10.1. The smallest absolute Gasteiger partial charge is 0.257 e. The second-order valence-electron chi connectivity index (χ2n) is 6.53. The Labute approximate surface area is 163 Å². The molecular formula is C20H19N5O2S. The van der Waals surface area contributed by atoms with Gasteiger partial charge in [0.15, 0.2) is 5.82 Å². The van der Waals surface area contributed by atoms with Gasteiger partial charge in [0.05, 0.1) is 11.1 Å². The van der Waals surface area contributed by atoms with E-state index >= 15 is 0 Å². The number of hydrogen-bond donors (Lipinski definition) is 2. The molecule has 0 amide bonds. The molecule has 0 bridgehead atoms. The number of nitrogens with one attached hydrogen (secondary N) is 2. The van der Waals surface area contributed by atoms with Gasteiger partial charge in [0, 0.05) is 41.3 Å². The zero-order chi connectivity index (χ0) is 19.7. The van der Waals surface area contributed by atoms with E-state index in [-0.39, 0.29) is 4.90 Å². The average Bonchev–Trinajstić information content (AvgIpc) is 2.71. The predicted molar refractivity (Wildman–Crippen MR) is 112 cm³/mol. The molecule has 0 spiro atoms. The van der Waals surface area contributed by atoms with Gasteiger partial charge in [-0.05, 0) is 12.1 Å². The van der Waals surface area contributed by atoms with Crippen LogP contribution in [0.5, 0.6) is 0 Å². The van der Waals surface area contributed by atoms with Gasteiger partial charge in [0.25, 0.3) is 10.0 Å². The molecule has 0 aliphatic heterocycles. The van der Waals surface area contributed by atoms with Gasteiger partial charge in [-0.1, -0.05) is 48.5 Å². The molecule has 0 atom stereocenters. The highest BCUT2D eigenvalue weighted by atomic mass is 32.2. The molecular weight excluding hydrogens is 374 g/mol. The van der Waals surface area contributed by atoms with Crippen LogP contribution in [0.25, 0.3) is 21.5 Å². The molecule has 1 heterocycles. The maximum absolute atomic E-state index is 13.0. The third kappa shape index (κ3) is 3.23. The number of aromatic nitrogens is 2. The molecule has 4 rings (SSSR count). The molecule has 28 heavy (non-hydrogen) atoms. The van der Waals surface area contributed by atoms with Crippen molar-refractivity contribution in [2.75, 3.05) is 24.4 Å². The van der Waals surface area contributed by atoms with Crippen molar-refractivity contribution in [3.8, 4) is 0 Å². The fourth-order valence-electron chi connectivity index (χ4n) is 3.18. The van der Waals surface area contributed by atoms with Gasteiger partial charge in [0.2, 0.25) is 0 Å². The number of nitrogens with zero attached hydrogens (tertiary/aromatic N) is 3. The molecule has 0 aliphatic carbocycles. The summed E-state index contributed by atoms with van der Waals surface area (Å²) in [5.41, 5.74) is 3.65. The standard InChI is InChI=1S/C20H19N5O2S/c1-25(2)18-11-5-10-17-16(18)9-6-12-19(17)28(26,27)24-23-20-15-8-4-3-7-14(15)13-21-22-20/h3-13,24H,1-2H3,(H,22,23). The van der Waals surface area contributed by atoms with E-state index in [1.807, 2.05) is 61.5 Å². The molecule has 0 radical (unpaired) electrons. The first-order valence-electron chi connectivity index (χ1n) is 8.65. The number of sulfonamides is 1. The van der Waals surface area contributed by atoms with E-state index in [1.165, 1.54) is 0 Å². The Bertz CT molecular complexity index is 1270. The van der Waals surface area contributed by atoms with Crippen molar-refractivity contribution in [3.05, 3.63) is 66.9 Å². The van der Waals surface area contributed by atoms with Crippen LogP contribution in [0.2, 0.25) is 0 Å². The molecule has 2 N–H and O–H groups in total. The van der Waals surface area contributed by atoms with E-state index in [1.54, 1.807) is 24.4 Å². The summed E-state index contributed by atoms with van der Waals surface area (Å²) in [5, 5.41) is 11.1. The first-order chi connectivity index (χ1) is 13.5. The summed E-state index contributed by atoms with van der Waals surface area (Å²) in [6.45, 7) is 0. The molecule has 3 aromatic carbocycles. The third-order valence-corrected chi connectivity index (χ3v) is 5.81. The van der Waals surface area contributed by atoms with Gasteiger partial charge in [-0.3, -0.25) is 5.43 Å². The zero-order valence-electron chi connectivity index (χ0n) is 15.4. The van der Waals surface area contributed by atoms with E-state index < -0.39 is 10.0 Å². The number of hydrogen-bond acceptors (Lipinski definition) is 6. The van der Waals surface area contributed by atoms with Crippen molar-refractivity contribution in [1.82, 2.24) is 15.0 Å². The molecule has 0 aliphatic rings. The Hall–Kier alpha value is -3.23. The topological polar surface area (TPSA) is 87.2 Å². The summed E-state index contributed by atoms with van der Waals surface area (Å²) in [4.78, 5) is 4.57. The van der Waals surface area contributed by atoms with Crippen LogP contribution in [-0.4, -0.2) is 32.7 Å². The molecule has 0 saturated carbocycles. The quantitative estimate of drug-likeness (QED) is 0.507. The maximum atomic E-state index is 13.0. The molecule has 142 valence electrons. The normalized spacial score (nSPS) is 11.6. The van der Waals surface area contributed by atoms with Crippen LogP contribution in [0.1, 0.15) is 0 Å². The Morgan fingerprint density at radius 1 is 0.857 bits per heavy atom. The minimum absolute atomic E-state index is 0.189. The molecule has 0 unspecified atom stereocenters. The lowest BCUT2D eigenvalue weighted by Crippen LogP contribution is -2.30. The first kappa shape index (κ1) is 18.1. The van der Waals surface area contributed by atoms with Crippen LogP contribution in [0.3, 0.4) is 0 Å². The van der Waals surface area contributed by atoms with Crippen molar-refractivity contribution in [1.29, 1.82) is 0 Å². The molecule has 8 heteroatoms. The van der Waals surface area contributed by atoms with Gasteiger partial charge >= 0.3 is 0 Å².